The lowest BCUT2D eigenvalue weighted by atomic mass is 10.2. The maximum atomic E-state index is 6.03. The molecule has 1 aromatic carbocycles. The molecule has 0 aliphatic heterocycles. The molecule has 0 saturated heterocycles. The van der Waals surface area contributed by atoms with Crippen molar-refractivity contribution in [1.29, 1.82) is 0 Å². The molecule has 118 valence electrons. The third kappa shape index (κ3) is 3.08. The molecule has 0 amide bonds. The van der Waals surface area contributed by atoms with E-state index in [9.17, 15) is 0 Å². The van der Waals surface area contributed by atoms with Gasteiger partial charge >= 0.3 is 0 Å². The van der Waals surface area contributed by atoms with Crippen LogP contribution in [0, 0.1) is 13.8 Å². The average Bonchev–Trinajstić information content (AvgIpc) is 2.79. The van der Waals surface area contributed by atoms with Crippen LogP contribution < -0.4 is 4.74 Å². The topological polar surface area (TPSA) is 39.9 Å². The Kier molecular flexibility index (Phi) is 4.35. The summed E-state index contributed by atoms with van der Waals surface area (Å²) in [6.45, 7) is 8.88. The molecule has 3 rings (SSSR count). The first-order valence-electron chi connectivity index (χ1n) is 7.39. The molecule has 2 heterocycles. The predicted molar refractivity (Wildman–Crippen MR) is 92.8 cm³/mol. The fraction of sp³-hybridized carbons (Fsp3) is 0.222. The van der Waals surface area contributed by atoms with Crippen molar-refractivity contribution in [3.05, 3.63) is 65.0 Å². The number of hydrogen-bond acceptors (Lipinski definition) is 3. The van der Waals surface area contributed by atoms with Gasteiger partial charge in [-0.05, 0) is 25.0 Å². The van der Waals surface area contributed by atoms with Crippen molar-refractivity contribution in [1.82, 2.24) is 14.8 Å². The van der Waals surface area contributed by atoms with E-state index >= 15 is 0 Å². The second-order valence-corrected chi connectivity index (χ2v) is 6.03. The van der Waals surface area contributed by atoms with E-state index in [1.807, 2.05) is 30.3 Å². The highest BCUT2D eigenvalue weighted by Gasteiger charge is 2.17. The number of aryl methyl sites for hydroxylation is 1. The molecule has 4 nitrogen and oxygen atoms in total. The highest BCUT2D eigenvalue weighted by Crippen LogP contribution is 2.31. The molecule has 0 unspecified atom stereocenters. The molecule has 3 aromatic rings. The Morgan fingerprint density at radius 2 is 2.00 bits per heavy atom. The average molecular weight is 328 g/mol. The number of aromatic nitrogens is 3. The minimum atomic E-state index is 0.444. The van der Waals surface area contributed by atoms with Crippen molar-refractivity contribution in [3.8, 4) is 5.88 Å². The van der Waals surface area contributed by atoms with E-state index in [-0.39, 0.29) is 0 Å². The van der Waals surface area contributed by atoms with Gasteiger partial charge < -0.3 is 9.30 Å². The molecule has 23 heavy (non-hydrogen) atoms. The van der Waals surface area contributed by atoms with Crippen LogP contribution in [0.1, 0.15) is 16.8 Å². The zero-order valence-corrected chi connectivity index (χ0v) is 14.0. The molecule has 0 bridgehead atoms. The zero-order valence-electron chi connectivity index (χ0n) is 13.2. The number of nitrogens with zero attached hydrogens (tertiary/aromatic N) is 3. The van der Waals surface area contributed by atoms with E-state index in [1.165, 1.54) is 0 Å². The lowest BCUT2D eigenvalue weighted by Gasteiger charge is -2.10. The van der Waals surface area contributed by atoms with E-state index in [4.69, 9.17) is 16.3 Å². The van der Waals surface area contributed by atoms with Gasteiger partial charge in [-0.25, -0.2) is 0 Å². The highest BCUT2D eigenvalue weighted by atomic mass is 35.5. The minimum absolute atomic E-state index is 0.444. The fourth-order valence-electron chi connectivity index (χ4n) is 2.66. The van der Waals surface area contributed by atoms with Crippen LogP contribution in [-0.2, 0) is 13.2 Å². The first-order valence-corrected chi connectivity index (χ1v) is 7.77. The van der Waals surface area contributed by atoms with Crippen LogP contribution in [0.2, 0.25) is 0 Å². The van der Waals surface area contributed by atoms with Gasteiger partial charge in [-0.1, -0.05) is 48.5 Å². The van der Waals surface area contributed by atoms with Crippen LogP contribution in [0.15, 0.2) is 48.1 Å². The van der Waals surface area contributed by atoms with Gasteiger partial charge in [-0.2, -0.15) is 5.10 Å². The second kappa shape index (κ2) is 6.42. The van der Waals surface area contributed by atoms with E-state index in [2.05, 4.69) is 35.2 Å². The molecular formula is C18H18ClN3O. The Morgan fingerprint density at radius 3 is 2.70 bits per heavy atom. The number of benzene rings is 1. The van der Waals surface area contributed by atoms with Gasteiger partial charge in [0, 0.05) is 16.1 Å². The summed E-state index contributed by atoms with van der Waals surface area (Å²) in [5, 5.41) is 9.85. The van der Waals surface area contributed by atoms with Gasteiger partial charge in [0.15, 0.2) is 0 Å². The Hall–Kier alpha value is -2.33. The van der Waals surface area contributed by atoms with Gasteiger partial charge in [0.1, 0.15) is 12.1 Å². The summed E-state index contributed by atoms with van der Waals surface area (Å²) in [6.07, 6.45) is 1.76. The lowest BCUT2D eigenvalue weighted by molar-refractivity contribution is 0.293. The largest absolute Gasteiger partial charge is 0.470 e. The smallest absolute Gasteiger partial charge is 0.258 e. The molecule has 0 spiro atoms. The van der Waals surface area contributed by atoms with Crippen LogP contribution in [0.25, 0.3) is 10.9 Å². The maximum Gasteiger partial charge on any atom is 0.258 e. The van der Waals surface area contributed by atoms with Crippen molar-refractivity contribution in [2.45, 2.75) is 27.0 Å². The van der Waals surface area contributed by atoms with Crippen LogP contribution in [-0.4, -0.2) is 14.8 Å². The van der Waals surface area contributed by atoms with Gasteiger partial charge in [0.2, 0.25) is 0 Å². The minimum Gasteiger partial charge on any atom is -0.470 e. The van der Waals surface area contributed by atoms with Gasteiger partial charge in [-0.15, -0.1) is 5.10 Å². The van der Waals surface area contributed by atoms with E-state index in [0.717, 1.165) is 27.7 Å². The summed E-state index contributed by atoms with van der Waals surface area (Å²) in [4.78, 5) is 0. The molecule has 0 saturated carbocycles. The Morgan fingerprint density at radius 1 is 1.26 bits per heavy atom. The SMILES string of the molecule is C=C(Cl)Cn1c(C)c(C)c2cnnc(OCc3ccccc3)c21. The fourth-order valence-corrected chi connectivity index (χ4v) is 2.77. The third-order valence-electron chi connectivity index (χ3n) is 3.96. The van der Waals surface area contributed by atoms with Gasteiger partial charge in [0.05, 0.1) is 12.7 Å². The molecule has 0 radical (unpaired) electrons. The maximum absolute atomic E-state index is 6.03. The van der Waals surface area contributed by atoms with Crippen molar-refractivity contribution in [3.63, 3.8) is 0 Å². The number of ether oxygens (including phenoxy) is 1. The molecule has 5 heteroatoms. The van der Waals surface area contributed by atoms with E-state index in [0.29, 0.717) is 24.1 Å². The first kappa shape index (κ1) is 15.6. The summed E-state index contributed by atoms with van der Waals surface area (Å²) in [6, 6.07) is 9.99. The van der Waals surface area contributed by atoms with Crippen molar-refractivity contribution in [2.75, 3.05) is 0 Å². The number of hydrogen-bond donors (Lipinski definition) is 0. The highest BCUT2D eigenvalue weighted by molar-refractivity contribution is 6.29. The van der Waals surface area contributed by atoms with Crippen molar-refractivity contribution < 1.29 is 4.74 Å². The van der Waals surface area contributed by atoms with Crippen molar-refractivity contribution in [2.24, 2.45) is 0 Å². The molecule has 0 aliphatic carbocycles. The summed E-state index contributed by atoms with van der Waals surface area (Å²) < 4.78 is 8.01. The molecule has 2 aromatic heterocycles. The molecule has 0 aliphatic rings. The van der Waals surface area contributed by atoms with E-state index < -0.39 is 0 Å². The number of allylic oxidation sites excluding steroid dienone is 1. The van der Waals surface area contributed by atoms with Crippen LogP contribution >= 0.6 is 11.6 Å². The Balaban J connectivity index is 2.03. The monoisotopic (exact) mass is 327 g/mol. The Labute approximate surface area is 140 Å². The van der Waals surface area contributed by atoms with Crippen molar-refractivity contribution >= 4 is 22.5 Å². The number of halogens is 1. The van der Waals surface area contributed by atoms with Gasteiger partial charge in [-0.3, -0.25) is 0 Å². The van der Waals surface area contributed by atoms with Crippen LogP contribution in [0.5, 0.6) is 5.88 Å². The third-order valence-corrected chi connectivity index (χ3v) is 4.08. The lowest BCUT2D eigenvalue weighted by Crippen LogP contribution is -2.04. The summed E-state index contributed by atoms with van der Waals surface area (Å²) in [7, 11) is 0. The summed E-state index contributed by atoms with van der Waals surface area (Å²) >= 11 is 6.03. The van der Waals surface area contributed by atoms with Gasteiger partial charge in [0.25, 0.3) is 5.88 Å². The van der Waals surface area contributed by atoms with Crippen LogP contribution in [0.4, 0.5) is 0 Å². The molecule has 0 fully saturated rings. The number of rotatable bonds is 5. The summed E-state index contributed by atoms with van der Waals surface area (Å²) in [5.74, 6) is 0.514. The Bertz CT molecular complexity index is 856. The molecule has 0 N–H and O–H groups in total. The molecule has 0 atom stereocenters. The number of fused-ring (bicyclic) bond motifs is 1. The first-order chi connectivity index (χ1) is 11.1. The van der Waals surface area contributed by atoms with E-state index in [1.54, 1.807) is 6.20 Å². The zero-order chi connectivity index (χ0) is 16.4. The summed E-state index contributed by atoms with van der Waals surface area (Å²) in [5.41, 5.74) is 4.26. The normalized spacial score (nSPS) is 10.9. The quantitative estimate of drug-likeness (QED) is 0.698. The standard InChI is InChI=1S/C18H18ClN3O/c1-12(19)10-22-14(3)13(2)16-9-20-21-18(17(16)22)23-11-15-7-5-4-6-8-15/h4-9H,1,10-11H2,2-3H3. The second-order valence-electron chi connectivity index (χ2n) is 5.50. The van der Waals surface area contributed by atoms with Crippen LogP contribution in [0.3, 0.4) is 0 Å². The predicted octanol–water partition coefficient (Wildman–Crippen LogP) is 4.38. The molecular weight excluding hydrogens is 310 g/mol.